The Bertz CT molecular complexity index is 689. The largest absolute Gasteiger partial charge is 0.460 e. The van der Waals surface area contributed by atoms with E-state index in [1.165, 1.54) is 44.2 Å². The van der Waals surface area contributed by atoms with Gasteiger partial charge in [-0.3, -0.25) is 9.69 Å². The fourth-order valence-corrected chi connectivity index (χ4v) is 5.19. The van der Waals surface area contributed by atoms with Gasteiger partial charge < -0.3 is 10.2 Å². The van der Waals surface area contributed by atoms with Crippen LogP contribution in [0, 0.1) is 5.92 Å². The fraction of sp³-hybridized carbons (Fsp3) is 0.708. The fourth-order valence-electron chi connectivity index (χ4n) is 5.19. The minimum absolute atomic E-state index is 0.0227. The van der Waals surface area contributed by atoms with Crippen LogP contribution in [0.25, 0.3) is 0 Å². The summed E-state index contributed by atoms with van der Waals surface area (Å²) in [5.41, 5.74) is 5.73. The summed E-state index contributed by atoms with van der Waals surface area (Å²) in [7, 11) is 0. The van der Waals surface area contributed by atoms with Gasteiger partial charge in [-0.1, -0.05) is 18.6 Å². The summed E-state index contributed by atoms with van der Waals surface area (Å²) in [4.78, 5) is 15.0. The van der Waals surface area contributed by atoms with Crippen molar-refractivity contribution >= 4 is 11.7 Å². The van der Waals surface area contributed by atoms with Crippen LogP contribution in [0.4, 0.5) is 5.69 Å². The van der Waals surface area contributed by atoms with Crippen molar-refractivity contribution in [2.45, 2.75) is 83.4 Å². The maximum absolute atomic E-state index is 12.3. The number of nitrogens with zero attached hydrogens (tertiary/aromatic N) is 2. The zero-order valence-corrected chi connectivity index (χ0v) is 18.3. The molecule has 0 amide bonds. The van der Waals surface area contributed by atoms with Crippen LogP contribution in [-0.2, 0) is 9.53 Å². The molecule has 5 nitrogen and oxygen atoms in total. The number of ether oxygens (including phenoxy) is 1. The normalized spacial score (nSPS) is 26.9. The van der Waals surface area contributed by atoms with Gasteiger partial charge in [0.15, 0.2) is 0 Å². The van der Waals surface area contributed by atoms with Gasteiger partial charge in [0.2, 0.25) is 0 Å². The SMILES string of the molecule is CC(C)(C)OC(=O)C1CCN(Nc2ccc([C@H]3CC[C@H]4CCCCN43)cc2)CC1. The molecule has 0 aromatic heterocycles. The van der Waals surface area contributed by atoms with Gasteiger partial charge in [-0.05, 0) is 83.5 Å². The van der Waals surface area contributed by atoms with Crippen molar-refractivity contribution in [3.8, 4) is 0 Å². The van der Waals surface area contributed by atoms with E-state index in [1.54, 1.807) is 0 Å². The molecule has 3 aliphatic rings. The maximum Gasteiger partial charge on any atom is 0.309 e. The van der Waals surface area contributed by atoms with Crippen molar-refractivity contribution in [1.82, 2.24) is 9.91 Å². The quantitative estimate of drug-likeness (QED) is 0.740. The minimum atomic E-state index is -0.401. The van der Waals surface area contributed by atoms with E-state index in [0.29, 0.717) is 6.04 Å². The molecule has 1 N–H and O–H groups in total. The molecule has 1 aromatic carbocycles. The Hall–Kier alpha value is -1.59. The van der Waals surface area contributed by atoms with E-state index in [4.69, 9.17) is 4.74 Å². The molecule has 0 aliphatic carbocycles. The smallest absolute Gasteiger partial charge is 0.309 e. The Morgan fingerprint density at radius 1 is 0.966 bits per heavy atom. The van der Waals surface area contributed by atoms with E-state index in [2.05, 4.69) is 39.6 Å². The van der Waals surface area contributed by atoms with Gasteiger partial charge in [-0.25, -0.2) is 5.01 Å². The minimum Gasteiger partial charge on any atom is -0.460 e. The molecular formula is C24H37N3O2. The molecule has 0 bridgehead atoms. The Kier molecular flexibility index (Phi) is 6.16. The Morgan fingerprint density at radius 3 is 2.38 bits per heavy atom. The number of hydrazine groups is 1. The van der Waals surface area contributed by atoms with Crippen molar-refractivity contribution in [2.75, 3.05) is 25.1 Å². The lowest BCUT2D eigenvalue weighted by molar-refractivity contribution is -0.161. The van der Waals surface area contributed by atoms with Gasteiger partial charge in [0.05, 0.1) is 5.92 Å². The van der Waals surface area contributed by atoms with Crippen LogP contribution in [0.15, 0.2) is 24.3 Å². The van der Waals surface area contributed by atoms with E-state index in [-0.39, 0.29) is 11.9 Å². The first kappa shape index (κ1) is 20.7. The van der Waals surface area contributed by atoms with Crippen LogP contribution in [-0.4, -0.2) is 47.2 Å². The van der Waals surface area contributed by atoms with Crippen LogP contribution in [0.1, 0.15) is 77.3 Å². The Labute approximate surface area is 175 Å². The third-order valence-corrected chi connectivity index (χ3v) is 6.66. The van der Waals surface area contributed by atoms with Gasteiger partial charge in [0, 0.05) is 30.9 Å². The zero-order chi connectivity index (χ0) is 20.4. The van der Waals surface area contributed by atoms with Gasteiger partial charge in [0.25, 0.3) is 0 Å². The molecule has 3 fully saturated rings. The van der Waals surface area contributed by atoms with E-state index in [1.807, 2.05) is 20.8 Å². The second-order valence-electron chi connectivity index (χ2n) is 10.0. The molecule has 29 heavy (non-hydrogen) atoms. The molecule has 2 atom stereocenters. The molecule has 5 heteroatoms. The van der Waals surface area contributed by atoms with Gasteiger partial charge in [0.1, 0.15) is 5.60 Å². The number of nitrogens with one attached hydrogen (secondary N) is 1. The summed E-state index contributed by atoms with van der Waals surface area (Å²) in [6.45, 7) is 8.79. The van der Waals surface area contributed by atoms with Crippen LogP contribution >= 0.6 is 0 Å². The number of hydrogen-bond donors (Lipinski definition) is 1. The highest BCUT2D eigenvalue weighted by Crippen LogP contribution is 2.40. The second-order valence-corrected chi connectivity index (χ2v) is 10.0. The maximum atomic E-state index is 12.3. The molecule has 3 heterocycles. The van der Waals surface area contributed by atoms with E-state index < -0.39 is 5.60 Å². The summed E-state index contributed by atoms with van der Waals surface area (Å²) in [6.07, 6.45) is 8.49. The predicted octanol–water partition coefficient (Wildman–Crippen LogP) is 4.76. The number of carbonyl (C=O) groups is 1. The number of rotatable bonds is 4. The lowest BCUT2D eigenvalue weighted by Gasteiger charge is -2.34. The summed E-state index contributed by atoms with van der Waals surface area (Å²) in [5.74, 6) is -0.0245. The highest BCUT2D eigenvalue weighted by Gasteiger charge is 2.35. The molecule has 0 radical (unpaired) electrons. The lowest BCUT2D eigenvalue weighted by Crippen LogP contribution is -2.41. The topological polar surface area (TPSA) is 44.8 Å². The zero-order valence-electron chi connectivity index (χ0n) is 18.3. The third-order valence-electron chi connectivity index (χ3n) is 6.66. The van der Waals surface area contributed by atoms with Crippen molar-refractivity contribution in [2.24, 2.45) is 5.92 Å². The number of hydrogen-bond acceptors (Lipinski definition) is 5. The van der Waals surface area contributed by atoms with Gasteiger partial charge in [-0.2, -0.15) is 0 Å². The molecule has 3 saturated heterocycles. The van der Waals surface area contributed by atoms with Crippen molar-refractivity contribution in [1.29, 1.82) is 0 Å². The first-order chi connectivity index (χ1) is 13.9. The van der Waals surface area contributed by atoms with E-state index in [9.17, 15) is 4.79 Å². The number of fused-ring (bicyclic) bond motifs is 1. The first-order valence-corrected chi connectivity index (χ1v) is 11.5. The van der Waals surface area contributed by atoms with Crippen LogP contribution in [0.3, 0.4) is 0 Å². The Balaban J connectivity index is 1.27. The highest BCUT2D eigenvalue weighted by atomic mass is 16.6. The number of anilines is 1. The summed E-state index contributed by atoms with van der Waals surface area (Å²) in [5, 5.41) is 2.23. The molecule has 0 saturated carbocycles. The van der Waals surface area contributed by atoms with Gasteiger partial charge >= 0.3 is 5.97 Å². The molecule has 160 valence electrons. The summed E-state index contributed by atoms with van der Waals surface area (Å²) < 4.78 is 5.55. The lowest BCUT2D eigenvalue weighted by atomic mass is 9.97. The molecule has 3 aliphatic heterocycles. The average Bonchev–Trinajstić information content (AvgIpc) is 3.12. The highest BCUT2D eigenvalue weighted by molar-refractivity contribution is 5.73. The van der Waals surface area contributed by atoms with Gasteiger partial charge in [-0.15, -0.1) is 0 Å². The Morgan fingerprint density at radius 2 is 1.69 bits per heavy atom. The standard InChI is InChI=1S/C24H37N3O2/c1-24(2,3)29-23(28)19-13-16-26(17-14-19)25-20-9-7-18(8-10-20)22-12-11-21-6-4-5-15-27(21)22/h7-10,19,21-22,25H,4-6,11-17H2,1-3H3/t21-,22-/m1/s1. The molecule has 0 spiro atoms. The van der Waals surface area contributed by atoms with Crippen molar-refractivity contribution in [3.05, 3.63) is 29.8 Å². The summed E-state index contributed by atoms with van der Waals surface area (Å²) in [6, 6.07) is 10.5. The molecular weight excluding hydrogens is 362 g/mol. The third kappa shape index (κ3) is 5.13. The number of piperidine rings is 2. The van der Waals surface area contributed by atoms with Crippen LogP contribution < -0.4 is 5.43 Å². The van der Waals surface area contributed by atoms with Crippen LogP contribution in [0.2, 0.25) is 0 Å². The average molecular weight is 400 g/mol. The second kappa shape index (κ2) is 8.65. The summed E-state index contributed by atoms with van der Waals surface area (Å²) >= 11 is 0. The first-order valence-electron chi connectivity index (χ1n) is 11.5. The van der Waals surface area contributed by atoms with E-state index in [0.717, 1.165) is 37.7 Å². The van der Waals surface area contributed by atoms with Crippen molar-refractivity contribution < 1.29 is 9.53 Å². The van der Waals surface area contributed by atoms with Crippen LogP contribution in [0.5, 0.6) is 0 Å². The monoisotopic (exact) mass is 399 g/mol. The molecule has 1 aromatic rings. The molecule has 0 unspecified atom stereocenters. The number of esters is 1. The predicted molar refractivity (Wildman–Crippen MR) is 117 cm³/mol. The molecule has 4 rings (SSSR count). The number of carbonyl (C=O) groups excluding carboxylic acids is 1. The van der Waals surface area contributed by atoms with Crippen molar-refractivity contribution in [3.63, 3.8) is 0 Å². The number of benzene rings is 1. The van der Waals surface area contributed by atoms with E-state index >= 15 is 0 Å².